The van der Waals surface area contributed by atoms with E-state index in [1.807, 2.05) is 30.3 Å². The molecule has 0 heterocycles. The van der Waals surface area contributed by atoms with E-state index in [0.717, 1.165) is 0 Å². The molecule has 1 heteroatoms. The zero-order valence-corrected chi connectivity index (χ0v) is 9.61. The third kappa shape index (κ3) is 3.40. The average molecular weight is 232 g/mol. The van der Waals surface area contributed by atoms with Gasteiger partial charge in [0.15, 0.2) is 0 Å². The van der Waals surface area contributed by atoms with Crippen LogP contribution in [0.25, 0.3) is 10.8 Å². The van der Waals surface area contributed by atoms with Crippen molar-refractivity contribution in [1.29, 1.82) is 0 Å². The van der Waals surface area contributed by atoms with Gasteiger partial charge in [-0.15, -0.1) is 29.7 Å². The summed E-state index contributed by atoms with van der Waals surface area (Å²) in [4.78, 5) is 0. The molecule has 74 valence electrons. The van der Waals surface area contributed by atoms with E-state index < -0.39 is 0 Å². The summed E-state index contributed by atoms with van der Waals surface area (Å²) in [6.07, 6.45) is 0. The molecule has 0 radical (unpaired) electrons. The Kier molecular flexibility index (Phi) is 4.91. The Balaban J connectivity index is 0.000000162. The van der Waals surface area contributed by atoms with E-state index in [-0.39, 0.29) is 17.4 Å². The molecule has 0 saturated heterocycles. The Bertz CT molecular complexity index is 415. The first kappa shape index (κ1) is 11.8. The van der Waals surface area contributed by atoms with Crippen LogP contribution in [0.1, 0.15) is 0 Å². The van der Waals surface area contributed by atoms with Crippen LogP contribution in [-0.4, -0.2) is 0 Å². The summed E-state index contributed by atoms with van der Waals surface area (Å²) >= 11 is 0. The minimum atomic E-state index is 0. The summed E-state index contributed by atoms with van der Waals surface area (Å²) in [6.45, 7) is 0. The van der Waals surface area contributed by atoms with Crippen LogP contribution >= 0.6 is 0 Å². The molecular formula is C14H12Cr. The predicted molar refractivity (Wildman–Crippen MR) is 61.6 cm³/mol. The van der Waals surface area contributed by atoms with Crippen molar-refractivity contribution in [2.45, 2.75) is 0 Å². The van der Waals surface area contributed by atoms with E-state index >= 15 is 0 Å². The van der Waals surface area contributed by atoms with Crippen LogP contribution in [0.5, 0.6) is 0 Å². The van der Waals surface area contributed by atoms with Crippen LogP contribution in [0.4, 0.5) is 0 Å². The fourth-order valence-corrected chi connectivity index (χ4v) is 1.39. The van der Waals surface area contributed by atoms with E-state index in [1.165, 1.54) is 10.8 Å². The second-order valence-corrected chi connectivity index (χ2v) is 3.12. The zero-order valence-electron chi connectivity index (χ0n) is 8.34. The van der Waals surface area contributed by atoms with E-state index in [2.05, 4.69) is 42.5 Å². The van der Waals surface area contributed by atoms with E-state index in [4.69, 9.17) is 0 Å². The Morgan fingerprint density at radius 1 is 0.733 bits per heavy atom. The van der Waals surface area contributed by atoms with Gasteiger partial charge in [0, 0.05) is 0 Å². The third-order valence-corrected chi connectivity index (χ3v) is 2.10. The molecule has 0 aliphatic heterocycles. The molecular weight excluding hydrogens is 220 g/mol. The molecule has 0 unspecified atom stereocenters. The number of rotatable bonds is 0. The molecule has 0 atom stereocenters. The molecule has 0 amide bonds. The number of fused-ring (bicyclic) bond motifs is 1. The van der Waals surface area contributed by atoms with Crippen LogP contribution in [0.15, 0.2) is 72.8 Å². The second kappa shape index (κ2) is 6.24. The topological polar surface area (TPSA) is 0 Å². The molecule has 0 saturated carbocycles. The first-order valence-electron chi connectivity index (χ1n) is 4.74. The van der Waals surface area contributed by atoms with Crippen molar-refractivity contribution < 1.29 is 17.4 Å². The largest absolute Gasteiger partial charge is 2.00 e. The van der Waals surface area contributed by atoms with Crippen LogP contribution in [0.2, 0.25) is 0 Å². The van der Waals surface area contributed by atoms with Gasteiger partial charge in [-0.2, -0.15) is 35.7 Å². The standard InChI is InChI=1S/C9H7.C5H5.Cr/c1-2-5-9-7-3-6-8(9)4-1;1-2-4-5-3-1;/h1-7H;1-5H;/q2*-1;+2. The van der Waals surface area contributed by atoms with Gasteiger partial charge in [-0.05, 0) is 0 Å². The SMILES string of the molecule is [Cr+2].c1cc[cH-]c1.c1ccc2[cH-]ccc2c1. The van der Waals surface area contributed by atoms with Crippen molar-refractivity contribution in [1.82, 2.24) is 0 Å². The van der Waals surface area contributed by atoms with Crippen LogP contribution in [0, 0.1) is 0 Å². The van der Waals surface area contributed by atoms with Crippen molar-refractivity contribution >= 4 is 10.8 Å². The minimum Gasteiger partial charge on any atom is -0.214 e. The van der Waals surface area contributed by atoms with Crippen LogP contribution < -0.4 is 0 Å². The summed E-state index contributed by atoms with van der Waals surface area (Å²) < 4.78 is 0. The summed E-state index contributed by atoms with van der Waals surface area (Å²) in [7, 11) is 0. The molecule has 0 aromatic heterocycles. The fourth-order valence-electron chi connectivity index (χ4n) is 1.39. The Morgan fingerprint density at radius 2 is 1.47 bits per heavy atom. The van der Waals surface area contributed by atoms with E-state index in [9.17, 15) is 0 Å². The average Bonchev–Trinajstić information content (AvgIpc) is 2.92. The molecule has 3 aromatic carbocycles. The number of benzene rings is 1. The molecule has 3 rings (SSSR count). The van der Waals surface area contributed by atoms with Crippen LogP contribution in [-0.2, 0) is 17.4 Å². The second-order valence-electron chi connectivity index (χ2n) is 3.12. The first-order valence-corrected chi connectivity index (χ1v) is 4.74. The van der Waals surface area contributed by atoms with Gasteiger partial charge in [-0.1, -0.05) is 6.07 Å². The summed E-state index contributed by atoms with van der Waals surface area (Å²) in [5.41, 5.74) is 0. The van der Waals surface area contributed by atoms with Gasteiger partial charge in [0.2, 0.25) is 0 Å². The third-order valence-electron chi connectivity index (χ3n) is 2.10. The van der Waals surface area contributed by atoms with Crippen molar-refractivity contribution in [2.24, 2.45) is 0 Å². The molecule has 0 spiro atoms. The summed E-state index contributed by atoms with van der Waals surface area (Å²) in [5, 5.41) is 2.66. The van der Waals surface area contributed by atoms with Crippen molar-refractivity contribution in [2.75, 3.05) is 0 Å². The number of hydrogen-bond acceptors (Lipinski definition) is 0. The quantitative estimate of drug-likeness (QED) is 0.514. The Hall–Kier alpha value is -1.29. The van der Waals surface area contributed by atoms with Crippen molar-refractivity contribution in [3.05, 3.63) is 72.8 Å². The normalized spacial score (nSPS) is 8.80. The van der Waals surface area contributed by atoms with E-state index in [0.29, 0.717) is 0 Å². The van der Waals surface area contributed by atoms with Crippen LogP contribution in [0.3, 0.4) is 0 Å². The summed E-state index contributed by atoms with van der Waals surface area (Å²) in [6, 6.07) is 24.7. The Labute approximate surface area is 101 Å². The van der Waals surface area contributed by atoms with Gasteiger partial charge in [-0.3, -0.25) is 0 Å². The maximum absolute atomic E-state index is 2.12. The summed E-state index contributed by atoms with van der Waals surface area (Å²) in [5.74, 6) is 0. The molecule has 0 aliphatic carbocycles. The molecule has 3 aromatic rings. The van der Waals surface area contributed by atoms with Crippen molar-refractivity contribution in [3.8, 4) is 0 Å². The maximum atomic E-state index is 2.12. The van der Waals surface area contributed by atoms with Crippen molar-refractivity contribution in [3.63, 3.8) is 0 Å². The molecule has 0 N–H and O–H groups in total. The minimum absolute atomic E-state index is 0. The zero-order chi connectivity index (χ0) is 9.64. The molecule has 0 aliphatic rings. The monoisotopic (exact) mass is 232 g/mol. The van der Waals surface area contributed by atoms with Gasteiger partial charge >= 0.3 is 17.4 Å². The van der Waals surface area contributed by atoms with Gasteiger partial charge in [0.1, 0.15) is 0 Å². The molecule has 0 fully saturated rings. The smallest absolute Gasteiger partial charge is 0.214 e. The molecule has 0 nitrogen and oxygen atoms in total. The predicted octanol–water partition coefficient (Wildman–Crippen LogP) is 3.96. The Morgan fingerprint density at radius 3 is 2.07 bits per heavy atom. The maximum Gasteiger partial charge on any atom is 2.00 e. The fraction of sp³-hybridized carbons (Fsp3) is 0. The van der Waals surface area contributed by atoms with E-state index in [1.54, 1.807) is 0 Å². The van der Waals surface area contributed by atoms with Gasteiger partial charge < -0.3 is 0 Å². The van der Waals surface area contributed by atoms with Gasteiger partial charge in [0.05, 0.1) is 0 Å². The first-order chi connectivity index (χ1) is 6.97. The number of hydrogen-bond donors (Lipinski definition) is 0. The van der Waals surface area contributed by atoms with Gasteiger partial charge in [-0.25, -0.2) is 12.1 Å². The van der Waals surface area contributed by atoms with Gasteiger partial charge in [0.25, 0.3) is 0 Å². The molecule has 0 bridgehead atoms. The molecule has 15 heavy (non-hydrogen) atoms.